The molecule has 0 aromatic heterocycles. The summed E-state index contributed by atoms with van der Waals surface area (Å²) < 4.78 is 0. The molecule has 0 amide bonds. The van der Waals surface area contributed by atoms with Crippen LogP contribution in [0.1, 0.15) is 31.2 Å². The molecule has 1 saturated carbocycles. The summed E-state index contributed by atoms with van der Waals surface area (Å²) in [5, 5.41) is 3.62. The van der Waals surface area contributed by atoms with Gasteiger partial charge in [0.1, 0.15) is 0 Å². The van der Waals surface area contributed by atoms with Crippen LogP contribution in [0.25, 0.3) is 0 Å². The Balaban J connectivity index is 1.55. The van der Waals surface area contributed by atoms with Gasteiger partial charge < -0.3 is 16.0 Å². The average molecular weight is 261 g/mol. The van der Waals surface area contributed by atoms with Crippen molar-refractivity contribution in [3.05, 3.63) is 35.9 Å². The van der Waals surface area contributed by atoms with Gasteiger partial charge in [0.15, 0.2) is 0 Å². The van der Waals surface area contributed by atoms with Crippen molar-refractivity contribution in [2.24, 2.45) is 5.73 Å². The van der Waals surface area contributed by atoms with Gasteiger partial charge in [-0.15, -0.1) is 0 Å². The number of nitrogens with one attached hydrogen (secondary N) is 1. The Morgan fingerprint density at radius 3 is 2.74 bits per heavy atom. The lowest BCUT2D eigenvalue weighted by atomic mass is 10.2. The van der Waals surface area contributed by atoms with Crippen molar-refractivity contribution in [1.82, 2.24) is 10.2 Å². The maximum atomic E-state index is 5.92. The summed E-state index contributed by atoms with van der Waals surface area (Å²) in [7, 11) is 2.19. The number of hydrogen-bond donors (Lipinski definition) is 2. The maximum absolute atomic E-state index is 5.92. The molecule has 0 aliphatic heterocycles. The lowest BCUT2D eigenvalue weighted by molar-refractivity contribution is 0.316. The van der Waals surface area contributed by atoms with Crippen molar-refractivity contribution in [3.8, 4) is 0 Å². The standard InChI is InChI=1S/C16H27N3/c1-19(13-14-6-3-2-4-7-14)11-5-10-18-16-9-8-15(17)12-16/h2-4,6-7,15-16,18H,5,8-13,17H2,1H3. The van der Waals surface area contributed by atoms with E-state index >= 15 is 0 Å². The van der Waals surface area contributed by atoms with Crippen LogP contribution in [0.2, 0.25) is 0 Å². The fourth-order valence-corrected chi connectivity index (χ4v) is 2.83. The largest absolute Gasteiger partial charge is 0.328 e. The Kier molecular flexibility index (Phi) is 5.83. The fourth-order valence-electron chi connectivity index (χ4n) is 2.83. The first-order valence-corrected chi connectivity index (χ1v) is 7.45. The second-order valence-electron chi connectivity index (χ2n) is 5.80. The van der Waals surface area contributed by atoms with Crippen molar-refractivity contribution < 1.29 is 0 Å². The second kappa shape index (κ2) is 7.63. The molecule has 0 bridgehead atoms. The van der Waals surface area contributed by atoms with E-state index in [9.17, 15) is 0 Å². The Bertz CT molecular complexity index is 352. The molecule has 1 aliphatic rings. The topological polar surface area (TPSA) is 41.3 Å². The minimum absolute atomic E-state index is 0.429. The summed E-state index contributed by atoms with van der Waals surface area (Å²) in [6.07, 6.45) is 4.79. The molecule has 0 heterocycles. The number of benzene rings is 1. The predicted molar refractivity (Wildman–Crippen MR) is 81.0 cm³/mol. The van der Waals surface area contributed by atoms with E-state index in [-0.39, 0.29) is 0 Å². The van der Waals surface area contributed by atoms with Gasteiger partial charge in [0.2, 0.25) is 0 Å². The first kappa shape index (κ1) is 14.5. The van der Waals surface area contributed by atoms with Crippen LogP contribution in [0.3, 0.4) is 0 Å². The van der Waals surface area contributed by atoms with Gasteiger partial charge in [0.05, 0.1) is 0 Å². The second-order valence-corrected chi connectivity index (χ2v) is 5.80. The van der Waals surface area contributed by atoms with Gasteiger partial charge in [-0.05, 0) is 51.4 Å². The highest BCUT2D eigenvalue weighted by molar-refractivity contribution is 5.14. The van der Waals surface area contributed by atoms with E-state index in [1.807, 2.05) is 0 Å². The van der Waals surface area contributed by atoms with Crippen LogP contribution in [0.4, 0.5) is 0 Å². The van der Waals surface area contributed by atoms with E-state index < -0.39 is 0 Å². The van der Waals surface area contributed by atoms with Crippen molar-refractivity contribution >= 4 is 0 Å². The van der Waals surface area contributed by atoms with Crippen molar-refractivity contribution in [3.63, 3.8) is 0 Å². The molecule has 0 spiro atoms. The lowest BCUT2D eigenvalue weighted by Crippen LogP contribution is -2.31. The maximum Gasteiger partial charge on any atom is 0.0230 e. The van der Waals surface area contributed by atoms with Crippen LogP contribution in [-0.2, 0) is 6.54 Å². The highest BCUT2D eigenvalue weighted by Gasteiger charge is 2.20. The van der Waals surface area contributed by atoms with Gasteiger partial charge in [0.25, 0.3) is 0 Å². The van der Waals surface area contributed by atoms with Crippen LogP contribution in [0.5, 0.6) is 0 Å². The van der Waals surface area contributed by atoms with Gasteiger partial charge in [0, 0.05) is 18.6 Å². The van der Waals surface area contributed by atoms with E-state index in [2.05, 4.69) is 47.6 Å². The summed E-state index contributed by atoms with van der Waals surface area (Å²) in [6, 6.07) is 11.7. The molecule has 1 fully saturated rings. The average Bonchev–Trinajstić information content (AvgIpc) is 2.82. The highest BCUT2D eigenvalue weighted by Crippen LogP contribution is 2.16. The molecule has 1 aliphatic carbocycles. The Labute approximate surface area is 117 Å². The van der Waals surface area contributed by atoms with Crippen LogP contribution in [-0.4, -0.2) is 37.1 Å². The molecule has 19 heavy (non-hydrogen) atoms. The fraction of sp³-hybridized carbons (Fsp3) is 0.625. The van der Waals surface area contributed by atoms with E-state index in [4.69, 9.17) is 5.73 Å². The third-order valence-electron chi connectivity index (χ3n) is 3.92. The number of nitrogens with two attached hydrogens (primary N) is 1. The molecule has 1 aromatic rings. The van der Waals surface area contributed by atoms with Gasteiger partial charge in [-0.1, -0.05) is 30.3 Å². The minimum atomic E-state index is 0.429. The summed E-state index contributed by atoms with van der Waals surface area (Å²) in [4.78, 5) is 2.39. The predicted octanol–water partition coefficient (Wildman–Crippen LogP) is 1.98. The molecule has 0 radical (unpaired) electrons. The molecule has 1 aromatic carbocycles. The quantitative estimate of drug-likeness (QED) is 0.737. The smallest absolute Gasteiger partial charge is 0.0230 e. The Morgan fingerprint density at radius 2 is 2.05 bits per heavy atom. The summed E-state index contributed by atoms with van der Waals surface area (Å²) >= 11 is 0. The molecular weight excluding hydrogens is 234 g/mol. The van der Waals surface area contributed by atoms with Crippen LogP contribution < -0.4 is 11.1 Å². The van der Waals surface area contributed by atoms with Gasteiger partial charge in [-0.25, -0.2) is 0 Å². The molecule has 3 heteroatoms. The third-order valence-corrected chi connectivity index (χ3v) is 3.92. The van der Waals surface area contributed by atoms with Gasteiger partial charge >= 0.3 is 0 Å². The zero-order valence-corrected chi connectivity index (χ0v) is 12.0. The summed E-state index contributed by atoms with van der Waals surface area (Å²) in [6.45, 7) is 3.28. The van der Waals surface area contributed by atoms with E-state index in [1.165, 1.54) is 24.8 Å². The SMILES string of the molecule is CN(CCCNC1CCC(N)C1)Cc1ccccc1. The Hall–Kier alpha value is -0.900. The van der Waals surface area contributed by atoms with Gasteiger partial charge in [-0.3, -0.25) is 0 Å². The molecule has 3 N–H and O–H groups in total. The monoisotopic (exact) mass is 261 g/mol. The van der Waals surface area contributed by atoms with Gasteiger partial charge in [-0.2, -0.15) is 0 Å². The zero-order chi connectivity index (χ0) is 13.5. The summed E-state index contributed by atoms with van der Waals surface area (Å²) in [5.74, 6) is 0. The molecule has 2 unspecified atom stereocenters. The Morgan fingerprint density at radius 1 is 1.26 bits per heavy atom. The molecular formula is C16H27N3. The van der Waals surface area contributed by atoms with E-state index in [0.717, 1.165) is 26.1 Å². The minimum Gasteiger partial charge on any atom is -0.328 e. The lowest BCUT2D eigenvalue weighted by Gasteiger charge is -2.18. The molecule has 2 atom stereocenters. The number of nitrogens with zero attached hydrogens (tertiary/aromatic N) is 1. The highest BCUT2D eigenvalue weighted by atomic mass is 15.1. The van der Waals surface area contributed by atoms with Crippen molar-refractivity contribution in [1.29, 1.82) is 0 Å². The number of rotatable bonds is 7. The molecule has 2 rings (SSSR count). The van der Waals surface area contributed by atoms with Crippen LogP contribution in [0.15, 0.2) is 30.3 Å². The molecule has 3 nitrogen and oxygen atoms in total. The van der Waals surface area contributed by atoms with Crippen LogP contribution >= 0.6 is 0 Å². The summed E-state index contributed by atoms with van der Waals surface area (Å²) in [5.41, 5.74) is 7.30. The third kappa shape index (κ3) is 5.31. The normalized spacial score (nSPS) is 23.1. The van der Waals surface area contributed by atoms with E-state index in [0.29, 0.717) is 12.1 Å². The first-order valence-electron chi connectivity index (χ1n) is 7.45. The van der Waals surface area contributed by atoms with E-state index in [1.54, 1.807) is 0 Å². The van der Waals surface area contributed by atoms with Crippen molar-refractivity contribution in [2.75, 3.05) is 20.1 Å². The van der Waals surface area contributed by atoms with Crippen molar-refractivity contribution in [2.45, 2.75) is 44.3 Å². The zero-order valence-electron chi connectivity index (χ0n) is 12.0. The van der Waals surface area contributed by atoms with Crippen LogP contribution in [0, 0.1) is 0 Å². The molecule has 0 saturated heterocycles. The first-order chi connectivity index (χ1) is 9.24. The molecule has 106 valence electrons. The number of hydrogen-bond acceptors (Lipinski definition) is 3.